The monoisotopic (exact) mass is 248 g/mol. The topological polar surface area (TPSA) is 9.23 Å². The molecule has 1 aromatic rings. The lowest BCUT2D eigenvalue weighted by molar-refractivity contribution is 0.552. The summed E-state index contributed by atoms with van der Waals surface area (Å²) in [6.07, 6.45) is 0. The molecule has 78 valence electrons. The second-order valence-electron chi connectivity index (χ2n) is 3.82. The van der Waals surface area contributed by atoms with Crippen LogP contribution in [0, 0.1) is 6.92 Å². The molecule has 0 atom stereocenters. The highest BCUT2D eigenvalue weighted by molar-refractivity contribution is 6.88. The summed E-state index contributed by atoms with van der Waals surface area (Å²) in [6, 6.07) is 7.91. The Balaban J connectivity index is 2.78. The molecule has 1 rings (SSSR count). The van der Waals surface area contributed by atoms with E-state index in [2.05, 4.69) is 0 Å². The van der Waals surface area contributed by atoms with Crippen LogP contribution in [0.4, 0.5) is 0 Å². The molecule has 0 saturated carbocycles. The molecule has 0 radical (unpaired) electrons. The summed E-state index contributed by atoms with van der Waals surface area (Å²) in [6.45, 7) is 6.03. The van der Waals surface area contributed by atoms with E-state index in [0.717, 1.165) is 5.75 Å². The lowest BCUT2D eigenvalue weighted by Crippen LogP contribution is -2.41. The van der Waals surface area contributed by atoms with E-state index in [1.165, 1.54) is 5.56 Å². The number of alkyl halides is 2. The first-order valence-electron chi connectivity index (χ1n) is 4.45. The van der Waals surface area contributed by atoms with Crippen LogP contribution in [-0.2, 0) is 0 Å². The van der Waals surface area contributed by atoms with Crippen LogP contribution >= 0.6 is 23.2 Å². The molecule has 0 N–H and O–H groups in total. The molecule has 0 aliphatic carbocycles. The summed E-state index contributed by atoms with van der Waals surface area (Å²) in [5, 5.41) is 0. The largest absolute Gasteiger partial charge is 0.541 e. The fraction of sp³-hybridized carbons (Fsp3) is 0.400. The van der Waals surface area contributed by atoms with Gasteiger partial charge in [0.05, 0.1) is 0 Å². The zero-order chi connectivity index (χ0) is 10.8. The average molecular weight is 249 g/mol. The fourth-order valence-corrected chi connectivity index (χ4v) is 2.12. The molecule has 1 aromatic carbocycles. The van der Waals surface area contributed by atoms with Gasteiger partial charge >= 0.3 is 0 Å². The van der Waals surface area contributed by atoms with Crippen LogP contribution in [0.5, 0.6) is 5.75 Å². The Morgan fingerprint density at radius 1 is 1.29 bits per heavy atom. The maximum Gasteiger partial charge on any atom is 0.277 e. The molecule has 0 bridgehead atoms. The molecular weight excluding hydrogens is 235 g/mol. The second kappa shape index (κ2) is 4.56. The van der Waals surface area contributed by atoms with Crippen LogP contribution in [0.25, 0.3) is 0 Å². The molecule has 14 heavy (non-hydrogen) atoms. The number of hydrogen-bond donors (Lipinski definition) is 0. The van der Waals surface area contributed by atoms with Gasteiger partial charge in [-0.15, -0.1) is 23.2 Å². The number of benzene rings is 1. The zero-order valence-corrected chi connectivity index (χ0v) is 11.1. The Morgan fingerprint density at radius 3 is 2.43 bits per heavy atom. The predicted molar refractivity (Wildman–Crippen MR) is 64.8 cm³/mol. The van der Waals surface area contributed by atoms with Gasteiger partial charge in [-0.2, -0.15) is 0 Å². The van der Waals surface area contributed by atoms with Crippen molar-refractivity contribution in [3.05, 3.63) is 29.8 Å². The lowest BCUT2D eigenvalue weighted by Gasteiger charge is -2.25. The maximum absolute atomic E-state index is 5.86. The second-order valence-corrected chi connectivity index (χ2v) is 9.64. The standard InChI is InChI=1S/C10H14Cl2OSi/c1-8-5-4-6-9(7-8)13-14(2,3)10(11)12/h4-7,10H,1-3H3. The summed E-state index contributed by atoms with van der Waals surface area (Å²) < 4.78 is 5.41. The van der Waals surface area contributed by atoms with Crippen LogP contribution < -0.4 is 4.43 Å². The van der Waals surface area contributed by atoms with Gasteiger partial charge in [0.25, 0.3) is 8.32 Å². The maximum atomic E-state index is 5.86. The van der Waals surface area contributed by atoms with Crippen molar-refractivity contribution in [1.29, 1.82) is 0 Å². The molecule has 0 unspecified atom stereocenters. The zero-order valence-electron chi connectivity index (χ0n) is 8.55. The normalized spacial score (nSPS) is 11.9. The van der Waals surface area contributed by atoms with Crippen molar-refractivity contribution in [2.45, 2.75) is 24.5 Å². The van der Waals surface area contributed by atoms with Crippen molar-refractivity contribution in [1.82, 2.24) is 0 Å². The van der Waals surface area contributed by atoms with Gasteiger partial charge in [0, 0.05) is 0 Å². The van der Waals surface area contributed by atoms with Gasteiger partial charge in [-0.3, -0.25) is 0 Å². The van der Waals surface area contributed by atoms with Gasteiger partial charge in [-0.1, -0.05) is 12.1 Å². The molecule has 0 amide bonds. The van der Waals surface area contributed by atoms with Crippen molar-refractivity contribution in [2.75, 3.05) is 0 Å². The third-order valence-corrected chi connectivity index (χ3v) is 6.86. The molecule has 4 heteroatoms. The van der Waals surface area contributed by atoms with Crippen LogP contribution in [0.3, 0.4) is 0 Å². The Hall–Kier alpha value is -0.183. The molecule has 0 fully saturated rings. The summed E-state index contributed by atoms with van der Waals surface area (Å²) in [5.74, 6) is 0.855. The third kappa shape index (κ3) is 3.19. The Labute approximate surface area is 96.1 Å². The number of halogens is 2. The van der Waals surface area contributed by atoms with Crippen molar-refractivity contribution < 1.29 is 4.43 Å². The highest BCUT2D eigenvalue weighted by atomic mass is 35.5. The summed E-state index contributed by atoms with van der Waals surface area (Å²) in [7, 11) is -2.01. The molecule has 0 aromatic heterocycles. The Morgan fingerprint density at radius 2 is 1.93 bits per heavy atom. The van der Waals surface area contributed by atoms with Gasteiger partial charge in [-0.05, 0) is 37.7 Å². The number of hydrogen-bond acceptors (Lipinski definition) is 1. The van der Waals surface area contributed by atoms with Crippen LogP contribution in [0.15, 0.2) is 24.3 Å². The van der Waals surface area contributed by atoms with E-state index in [1.807, 2.05) is 44.3 Å². The summed E-state index contributed by atoms with van der Waals surface area (Å²) >= 11 is 11.7. The van der Waals surface area contributed by atoms with Crippen molar-refractivity contribution in [3.63, 3.8) is 0 Å². The first-order valence-corrected chi connectivity index (χ1v) is 8.31. The van der Waals surface area contributed by atoms with Crippen LogP contribution in [0.2, 0.25) is 13.1 Å². The molecule has 0 aliphatic rings. The number of aryl methyl sites for hydroxylation is 1. The lowest BCUT2D eigenvalue weighted by atomic mass is 10.2. The first-order chi connectivity index (χ1) is 6.42. The molecule has 0 spiro atoms. The van der Waals surface area contributed by atoms with Crippen molar-refractivity contribution >= 4 is 31.5 Å². The Bertz CT molecular complexity index is 313. The minimum Gasteiger partial charge on any atom is -0.541 e. The highest BCUT2D eigenvalue weighted by Gasteiger charge is 2.32. The van der Waals surface area contributed by atoms with E-state index in [1.54, 1.807) is 0 Å². The van der Waals surface area contributed by atoms with E-state index < -0.39 is 12.8 Å². The summed E-state index contributed by atoms with van der Waals surface area (Å²) in [5.41, 5.74) is 1.17. The van der Waals surface area contributed by atoms with Crippen LogP contribution in [0.1, 0.15) is 5.56 Å². The smallest absolute Gasteiger partial charge is 0.277 e. The van der Waals surface area contributed by atoms with E-state index in [0.29, 0.717) is 0 Å². The average Bonchev–Trinajstić information content (AvgIpc) is 2.02. The predicted octanol–water partition coefficient (Wildman–Crippen LogP) is 3.92. The first kappa shape index (κ1) is 11.9. The molecular formula is C10H14Cl2OSi. The highest BCUT2D eigenvalue weighted by Crippen LogP contribution is 2.23. The van der Waals surface area contributed by atoms with E-state index >= 15 is 0 Å². The van der Waals surface area contributed by atoms with Gasteiger partial charge in [0.15, 0.2) is 0 Å². The fourth-order valence-electron chi connectivity index (χ4n) is 1.03. The molecule has 0 heterocycles. The SMILES string of the molecule is Cc1cccc(O[Si](C)(C)C(Cl)Cl)c1. The molecule has 1 nitrogen and oxygen atoms in total. The number of rotatable bonds is 3. The Kier molecular flexibility index (Phi) is 3.87. The van der Waals surface area contributed by atoms with E-state index in [-0.39, 0.29) is 0 Å². The van der Waals surface area contributed by atoms with E-state index in [9.17, 15) is 0 Å². The summed E-state index contributed by atoms with van der Waals surface area (Å²) in [4.78, 5) is 0. The van der Waals surface area contributed by atoms with E-state index in [4.69, 9.17) is 27.6 Å². The molecule has 0 saturated heterocycles. The van der Waals surface area contributed by atoms with Gasteiger partial charge < -0.3 is 4.43 Å². The minimum atomic E-state index is -2.01. The van der Waals surface area contributed by atoms with Crippen molar-refractivity contribution in [3.8, 4) is 5.75 Å². The van der Waals surface area contributed by atoms with Crippen LogP contribution in [-0.4, -0.2) is 12.8 Å². The quantitative estimate of drug-likeness (QED) is 0.582. The van der Waals surface area contributed by atoms with Gasteiger partial charge in [0.2, 0.25) is 0 Å². The third-order valence-electron chi connectivity index (χ3n) is 1.90. The van der Waals surface area contributed by atoms with Gasteiger partial charge in [0.1, 0.15) is 10.2 Å². The molecule has 0 aliphatic heterocycles. The van der Waals surface area contributed by atoms with Gasteiger partial charge in [-0.25, -0.2) is 0 Å². The minimum absolute atomic E-state index is 0.414. The van der Waals surface area contributed by atoms with Crippen molar-refractivity contribution in [2.24, 2.45) is 0 Å².